The van der Waals surface area contributed by atoms with Gasteiger partial charge in [0.2, 0.25) is 0 Å². The number of rotatable bonds is 7. The van der Waals surface area contributed by atoms with Crippen molar-refractivity contribution in [2.75, 3.05) is 45.9 Å². The molecule has 3 rings (SSSR count). The first-order valence-corrected chi connectivity index (χ1v) is 9.59. The van der Waals surface area contributed by atoms with Crippen LogP contribution in [0, 0.1) is 0 Å². The quantitative estimate of drug-likeness (QED) is 0.753. The van der Waals surface area contributed by atoms with E-state index in [0.717, 1.165) is 44.0 Å². The molecule has 1 aliphatic heterocycles. The van der Waals surface area contributed by atoms with Crippen LogP contribution < -0.4 is 0 Å². The molecule has 0 saturated carbocycles. The van der Waals surface area contributed by atoms with Crippen LogP contribution in [0.2, 0.25) is 0 Å². The molecular weight excluding hydrogens is 336 g/mol. The van der Waals surface area contributed by atoms with E-state index in [4.69, 9.17) is 4.74 Å². The minimum Gasteiger partial charge on any atom is -0.379 e. The van der Waals surface area contributed by atoms with Gasteiger partial charge >= 0.3 is 0 Å². The zero-order valence-electron chi connectivity index (χ0n) is 16.0. The topological polar surface area (TPSA) is 32.8 Å². The molecule has 0 radical (unpaired) electrons. The van der Waals surface area contributed by atoms with E-state index in [1.165, 1.54) is 5.57 Å². The molecular formula is C23H28N2O2. The standard InChI is InChI=1S/C23H28N2O2/c1-20(18-21-8-4-2-5-9-21)19-25(13-12-24-14-16-27-17-15-24)23(26)22-10-6-3-7-11-22/h2-11,18H,12-17,19H2,1H3. The van der Waals surface area contributed by atoms with Gasteiger partial charge < -0.3 is 9.64 Å². The monoisotopic (exact) mass is 364 g/mol. The van der Waals surface area contributed by atoms with E-state index in [2.05, 4.69) is 30.0 Å². The average molecular weight is 364 g/mol. The minimum atomic E-state index is 0.0877. The Balaban J connectivity index is 1.70. The number of amides is 1. The molecule has 0 unspecified atom stereocenters. The van der Waals surface area contributed by atoms with Crippen LogP contribution in [0.5, 0.6) is 0 Å². The van der Waals surface area contributed by atoms with Crippen molar-refractivity contribution < 1.29 is 9.53 Å². The number of hydrogen-bond donors (Lipinski definition) is 0. The van der Waals surface area contributed by atoms with Crippen LogP contribution in [0.3, 0.4) is 0 Å². The van der Waals surface area contributed by atoms with Crippen LogP contribution in [-0.4, -0.2) is 61.6 Å². The molecule has 0 N–H and O–H groups in total. The summed E-state index contributed by atoms with van der Waals surface area (Å²) in [6.45, 7) is 7.74. The third-order valence-corrected chi connectivity index (χ3v) is 4.75. The fourth-order valence-corrected chi connectivity index (χ4v) is 3.28. The Morgan fingerprint density at radius 3 is 2.33 bits per heavy atom. The smallest absolute Gasteiger partial charge is 0.254 e. The van der Waals surface area contributed by atoms with Crippen molar-refractivity contribution in [3.63, 3.8) is 0 Å². The lowest BCUT2D eigenvalue weighted by Gasteiger charge is -2.30. The minimum absolute atomic E-state index is 0.0877. The predicted octanol–water partition coefficient (Wildman–Crippen LogP) is 3.56. The van der Waals surface area contributed by atoms with E-state index in [-0.39, 0.29) is 5.91 Å². The van der Waals surface area contributed by atoms with Gasteiger partial charge in [-0.05, 0) is 24.6 Å². The summed E-state index contributed by atoms with van der Waals surface area (Å²) in [6.07, 6.45) is 2.15. The first kappa shape index (κ1) is 19.3. The number of carbonyl (C=O) groups is 1. The lowest BCUT2D eigenvalue weighted by molar-refractivity contribution is 0.0330. The Hall–Kier alpha value is -2.43. The van der Waals surface area contributed by atoms with Crippen molar-refractivity contribution in [3.8, 4) is 0 Å². The van der Waals surface area contributed by atoms with Crippen LogP contribution in [0.25, 0.3) is 6.08 Å². The average Bonchev–Trinajstić information content (AvgIpc) is 2.72. The van der Waals surface area contributed by atoms with Crippen LogP contribution in [0.1, 0.15) is 22.8 Å². The third-order valence-electron chi connectivity index (χ3n) is 4.75. The van der Waals surface area contributed by atoms with Crippen molar-refractivity contribution in [3.05, 3.63) is 77.4 Å². The SMILES string of the molecule is CC(=Cc1ccccc1)CN(CCN1CCOCC1)C(=O)c1ccccc1. The van der Waals surface area contributed by atoms with Crippen molar-refractivity contribution in [1.82, 2.24) is 9.80 Å². The number of carbonyl (C=O) groups excluding carboxylic acids is 1. The van der Waals surface area contributed by atoms with Gasteiger partial charge in [-0.3, -0.25) is 9.69 Å². The molecule has 142 valence electrons. The van der Waals surface area contributed by atoms with Gasteiger partial charge in [-0.2, -0.15) is 0 Å². The lowest BCUT2D eigenvalue weighted by atomic mass is 10.1. The fourth-order valence-electron chi connectivity index (χ4n) is 3.28. The second-order valence-corrected chi connectivity index (χ2v) is 6.95. The number of benzene rings is 2. The maximum absolute atomic E-state index is 13.1. The fraction of sp³-hybridized carbons (Fsp3) is 0.348. The van der Waals surface area contributed by atoms with Gasteiger partial charge in [-0.1, -0.05) is 60.2 Å². The summed E-state index contributed by atoms with van der Waals surface area (Å²) in [7, 11) is 0. The molecule has 2 aromatic rings. The maximum atomic E-state index is 13.1. The van der Waals surface area contributed by atoms with E-state index in [1.807, 2.05) is 53.4 Å². The van der Waals surface area contributed by atoms with Crippen LogP contribution >= 0.6 is 0 Å². The van der Waals surface area contributed by atoms with Gasteiger partial charge in [0.05, 0.1) is 13.2 Å². The van der Waals surface area contributed by atoms with E-state index in [0.29, 0.717) is 13.1 Å². The summed E-state index contributed by atoms with van der Waals surface area (Å²) in [5.41, 5.74) is 3.08. The van der Waals surface area contributed by atoms with E-state index < -0.39 is 0 Å². The summed E-state index contributed by atoms with van der Waals surface area (Å²) >= 11 is 0. The van der Waals surface area contributed by atoms with Crippen LogP contribution in [0.15, 0.2) is 66.2 Å². The third kappa shape index (κ3) is 6.05. The molecule has 0 bridgehead atoms. The summed E-state index contributed by atoms with van der Waals surface area (Å²) in [5, 5.41) is 0. The van der Waals surface area contributed by atoms with E-state index in [1.54, 1.807) is 0 Å². The van der Waals surface area contributed by atoms with Crippen molar-refractivity contribution in [1.29, 1.82) is 0 Å². The van der Waals surface area contributed by atoms with E-state index >= 15 is 0 Å². The largest absolute Gasteiger partial charge is 0.379 e. The molecule has 0 atom stereocenters. The lowest BCUT2D eigenvalue weighted by Crippen LogP contribution is -2.43. The second-order valence-electron chi connectivity index (χ2n) is 6.95. The Bertz CT molecular complexity index is 737. The van der Waals surface area contributed by atoms with Crippen LogP contribution in [-0.2, 0) is 4.74 Å². The highest BCUT2D eigenvalue weighted by molar-refractivity contribution is 5.94. The molecule has 0 spiro atoms. The van der Waals surface area contributed by atoms with Crippen molar-refractivity contribution >= 4 is 12.0 Å². The summed E-state index contributed by atoms with van der Waals surface area (Å²) in [4.78, 5) is 17.4. The first-order chi connectivity index (χ1) is 13.2. The van der Waals surface area contributed by atoms with Crippen molar-refractivity contribution in [2.45, 2.75) is 6.92 Å². The zero-order chi connectivity index (χ0) is 18.9. The Kier molecular flexibility index (Phi) is 7.19. The molecule has 4 heteroatoms. The number of morpholine rings is 1. The number of nitrogens with zero attached hydrogens (tertiary/aromatic N) is 2. The van der Waals surface area contributed by atoms with Gasteiger partial charge in [-0.15, -0.1) is 0 Å². The van der Waals surface area contributed by atoms with Gasteiger partial charge in [0.1, 0.15) is 0 Å². The van der Waals surface area contributed by atoms with E-state index in [9.17, 15) is 4.79 Å². The first-order valence-electron chi connectivity index (χ1n) is 9.59. The molecule has 2 aromatic carbocycles. The molecule has 1 heterocycles. The Morgan fingerprint density at radius 2 is 1.67 bits per heavy atom. The highest BCUT2D eigenvalue weighted by Gasteiger charge is 2.18. The Morgan fingerprint density at radius 1 is 1.04 bits per heavy atom. The molecule has 1 amide bonds. The normalized spacial score (nSPS) is 15.5. The predicted molar refractivity (Wildman–Crippen MR) is 110 cm³/mol. The highest BCUT2D eigenvalue weighted by atomic mass is 16.5. The summed E-state index contributed by atoms with van der Waals surface area (Å²) in [5.74, 6) is 0.0877. The molecule has 1 aliphatic rings. The van der Waals surface area contributed by atoms with Crippen LogP contribution in [0.4, 0.5) is 0 Å². The number of hydrogen-bond acceptors (Lipinski definition) is 3. The molecule has 1 fully saturated rings. The molecule has 1 saturated heterocycles. The number of ether oxygens (including phenoxy) is 1. The maximum Gasteiger partial charge on any atom is 0.254 e. The van der Waals surface area contributed by atoms with Gasteiger partial charge in [-0.25, -0.2) is 0 Å². The Labute approximate surface area is 162 Å². The second kappa shape index (κ2) is 10.0. The molecule has 0 aliphatic carbocycles. The molecule has 0 aromatic heterocycles. The highest BCUT2D eigenvalue weighted by Crippen LogP contribution is 2.11. The summed E-state index contributed by atoms with van der Waals surface area (Å²) < 4.78 is 5.42. The molecule has 4 nitrogen and oxygen atoms in total. The van der Waals surface area contributed by atoms with Gasteiger partial charge in [0.25, 0.3) is 5.91 Å². The van der Waals surface area contributed by atoms with Gasteiger partial charge in [0, 0.05) is 38.3 Å². The zero-order valence-corrected chi connectivity index (χ0v) is 16.0. The van der Waals surface area contributed by atoms with Gasteiger partial charge in [0.15, 0.2) is 0 Å². The van der Waals surface area contributed by atoms with Crippen molar-refractivity contribution in [2.24, 2.45) is 0 Å². The molecule has 27 heavy (non-hydrogen) atoms. The summed E-state index contributed by atoms with van der Waals surface area (Å²) in [6, 6.07) is 19.8.